The Kier molecular flexibility index (Phi) is 13.8. The van der Waals surface area contributed by atoms with Crippen molar-refractivity contribution in [1.29, 1.82) is 0 Å². The van der Waals surface area contributed by atoms with Crippen LogP contribution < -0.4 is 10.8 Å². The molecule has 1 heterocycles. The molecule has 0 fully saturated rings. The molecule has 4 nitrogen and oxygen atoms in total. The van der Waals surface area contributed by atoms with Gasteiger partial charge in [-0.3, -0.25) is 5.32 Å². The van der Waals surface area contributed by atoms with E-state index >= 15 is 0 Å². The van der Waals surface area contributed by atoms with Crippen LogP contribution in [0.4, 0.5) is 0 Å². The van der Waals surface area contributed by atoms with Gasteiger partial charge in [0.1, 0.15) is 0 Å². The Labute approximate surface area is 155 Å². The van der Waals surface area contributed by atoms with Gasteiger partial charge in [-0.05, 0) is 25.8 Å². The van der Waals surface area contributed by atoms with Gasteiger partial charge in [-0.1, -0.05) is 90.9 Å². The van der Waals surface area contributed by atoms with Crippen LogP contribution in [0.15, 0.2) is 11.5 Å². The molecule has 1 unspecified atom stereocenters. The highest BCUT2D eigenvalue weighted by Crippen LogP contribution is 2.21. The number of hydrogen-bond donors (Lipinski definition) is 3. The Hall–Kier alpha value is -0.740. The summed E-state index contributed by atoms with van der Waals surface area (Å²) in [5.41, 5.74) is 3.60. The van der Waals surface area contributed by atoms with Gasteiger partial charge < -0.3 is 5.11 Å². The van der Waals surface area contributed by atoms with E-state index in [1.807, 2.05) is 0 Å². The minimum Gasteiger partial charge on any atom is -0.493 e. The van der Waals surface area contributed by atoms with Crippen LogP contribution in [0.2, 0.25) is 0 Å². The zero-order chi connectivity index (χ0) is 18.2. The molecule has 0 saturated heterocycles. The summed E-state index contributed by atoms with van der Waals surface area (Å²) in [6.07, 6.45) is 19.3. The lowest BCUT2D eigenvalue weighted by molar-refractivity contribution is 0.00557. The standard InChI is InChI=1S/C21H42N2O2/c1-3-5-7-8-9-10-11-12-13-14-15-16-17-19-20(24)23-25-21(19)22-18-6-4-2/h21-24H,3-18H2,1-2H3. The number of hydrogen-bond acceptors (Lipinski definition) is 4. The topological polar surface area (TPSA) is 53.5 Å². The molecular weight excluding hydrogens is 312 g/mol. The van der Waals surface area contributed by atoms with E-state index < -0.39 is 0 Å². The molecule has 0 amide bonds. The van der Waals surface area contributed by atoms with E-state index in [1.54, 1.807) is 0 Å². The maximum atomic E-state index is 9.90. The van der Waals surface area contributed by atoms with Crippen molar-refractivity contribution in [1.82, 2.24) is 10.8 Å². The molecule has 1 atom stereocenters. The summed E-state index contributed by atoms with van der Waals surface area (Å²) in [6.45, 7) is 5.38. The highest BCUT2D eigenvalue weighted by atomic mass is 16.7. The molecule has 1 rings (SSSR count). The average molecular weight is 355 g/mol. The first-order valence-electron chi connectivity index (χ1n) is 10.9. The molecule has 3 N–H and O–H groups in total. The fraction of sp³-hybridized carbons (Fsp3) is 0.905. The van der Waals surface area contributed by atoms with Crippen LogP contribution in [-0.2, 0) is 4.84 Å². The summed E-state index contributed by atoms with van der Waals surface area (Å²) in [7, 11) is 0. The Morgan fingerprint density at radius 2 is 1.32 bits per heavy atom. The molecular formula is C21H42N2O2. The third kappa shape index (κ3) is 10.8. The lowest BCUT2D eigenvalue weighted by atomic mass is 10.0. The second-order valence-electron chi connectivity index (χ2n) is 7.42. The molecule has 25 heavy (non-hydrogen) atoms. The summed E-state index contributed by atoms with van der Waals surface area (Å²) in [5.74, 6) is 0.220. The monoisotopic (exact) mass is 354 g/mol. The predicted octanol–water partition coefficient (Wildman–Crippen LogP) is 6.10. The fourth-order valence-corrected chi connectivity index (χ4v) is 3.36. The van der Waals surface area contributed by atoms with E-state index in [0.717, 1.165) is 37.8 Å². The summed E-state index contributed by atoms with van der Waals surface area (Å²) >= 11 is 0. The highest BCUT2D eigenvalue weighted by Gasteiger charge is 2.25. The number of rotatable bonds is 17. The summed E-state index contributed by atoms with van der Waals surface area (Å²) < 4.78 is 0. The molecule has 0 aromatic carbocycles. The minimum absolute atomic E-state index is 0.153. The van der Waals surface area contributed by atoms with Crippen LogP contribution in [-0.4, -0.2) is 17.9 Å². The van der Waals surface area contributed by atoms with Crippen molar-refractivity contribution >= 4 is 0 Å². The summed E-state index contributed by atoms with van der Waals surface area (Å²) in [6, 6.07) is 0. The molecule has 1 aliphatic rings. The van der Waals surface area contributed by atoms with Crippen LogP contribution in [0.5, 0.6) is 0 Å². The maximum Gasteiger partial charge on any atom is 0.211 e. The fourth-order valence-electron chi connectivity index (χ4n) is 3.36. The molecule has 148 valence electrons. The van der Waals surface area contributed by atoms with Gasteiger partial charge >= 0.3 is 0 Å². The number of aliphatic hydroxyl groups is 1. The van der Waals surface area contributed by atoms with Gasteiger partial charge in [-0.15, -0.1) is 0 Å². The molecule has 0 spiro atoms. The van der Waals surface area contributed by atoms with E-state index in [1.165, 1.54) is 70.6 Å². The number of unbranched alkanes of at least 4 members (excludes halogenated alkanes) is 12. The van der Waals surface area contributed by atoms with E-state index in [-0.39, 0.29) is 12.1 Å². The highest BCUT2D eigenvalue weighted by molar-refractivity contribution is 5.13. The van der Waals surface area contributed by atoms with Crippen LogP contribution >= 0.6 is 0 Å². The first-order chi connectivity index (χ1) is 12.3. The van der Waals surface area contributed by atoms with Gasteiger partial charge in [0.15, 0.2) is 6.23 Å². The number of hydroxylamine groups is 1. The zero-order valence-electron chi connectivity index (χ0n) is 16.7. The summed E-state index contributed by atoms with van der Waals surface area (Å²) in [4.78, 5) is 5.40. The van der Waals surface area contributed by atoms with Crippen LogP contribution in [0, 0.1) is 0 Å². The van der Waals surface area contributed by atoms with E-state index in [9.17, 15) is 5.11 Å². The molecule has 1 aliphatic heterocycles. The van der Waals surface area contributed by atoms with Crippen LogP contribution in [0.25, 0.3) is 0 Å². The minimum atomic E-state index is -0.153. The van der Waals surface area contributed by atoms with Gasteiger partial charge in [0, 0.05) is 5.57 Å². The van der Waals surface area contributed by atoms with Crippen molar-refractivity contribution in [3.8, 4) is 0 Å². The van der Waals surface area contributed by atoms with E-state index in [4.69, 9.17) is 4.84 Å². The molecule has 0 aromatic heterocycles. The first-order valence-corrected chi connectivity index (χ1v) is 10.9. The van der Waals surface area contributed by atoms with Crippen molar-refractivity contribution in [3.63, 3.8) is 0 Å². The number of aliphatic hydroxyl groups excluding tert-OH is 1. The lowest BCUT2D eigenvalue weighted by Gasteiger charge is -2.14. The Balaban J connectivity index is 1.95. The Morgan fingerprint density at radius 1 is 0.800 bits per heavy atom. The normalized spacial score (nSPS) is 17.3. The van der Waals surface area contributed by atoms with Gasteiger partial charge in [0.25, 0.3) is 0 Å². The quantitative estimate of drug-likeness (QED) is 0.276. The Bertz CT molecular complexity index is 345. The third-order valence-corrected chi connectivity index (χ3v) is 5.05. The van der Waals surface area contributed by atoms with Crippen molar-refractivity contribution in [2.24, 2.45) is 0 Å². The molecule has 4 heteroatoms. The lowest BCUT2D eigenvalue weighted by Crippen LogP contribution is -2.32. The molecule has 0 aliphatic carbocycles. The largest absolute Gasteiger partial charge is 0.493 e. The smallest absolute Gasteiger partial charge is 0.211 e. The summed E-state index contributed by atoms with van der Waals surface area (Å²) in [5, 5.41) is 13.3. The van der Waals surface area contributed by atoms with Gasteiger partial charge in [-0.2, -0.15) is 0 Å². The van der Waals surface area contributed by atoms with Gasteiger partial charge in [-0.25, -0.2) is 10.3 Å². The zero-order valence-corrected chi connectivity index (χ0v) is 16.7. The SMILES string of the molecule is CCCCCCCCCCCCCCC1=C(O)NOC1NCCCC. The molecule has 0 bridgehead atoms. The molecule has 0 radical (unpaired) electrons. The first kappa shape index (κ1) is 22.3. The van der Waals surface area contributed by atoms with Gasteiger partial charge in [0.2, 0.25) is 5.88 Å². The van der Waals surface area contributed by atoms with Crippen molar-refractivity contribution < 1.29 is 9.94 Å². The maximum absolute atomic E-state index is 9.90. The average Bonchev–Trinajstić information content (AvgIpc) is 2.96. The molecule has 0 saturated carbocycles. The van der Waals surface area contributed by atoms with Crippen LogP contribution in [0.3, 0.4) is 0 Å². The van der Waals surface area contributed by atoms with E-state index in [2.05, 4.69) is 24.6 Å². The van der Waals surface area contributed by atoms with Crippen LogP contribution in [0.1, 0.15) is 110 Å². The second kappa shape index (κ2) is 15.5. The van der Waals surface area contributed by atoms with Crippen molar-refractivity contribution in [2.45, 2.75) is 116 Å². The Morgan fingerprint density at radius 3 is 1.88 bits per heavy atom. The van der Waals surface area contributed by atoms with Crippen molar-refractivity contribution in [2.75, 3.05) is 6.54 Å². The number of nitrogens with one attached hydrogen (secondary N) is 2. The third-order valence-electron chi connectivity index (χ3n) is 5.05. The van der Waals surface area contributed by atoms with E-state index in [0.29, 0.717) is 0 Å². The van der Waals surface area contributed by atoms with Crippen molar-refractivity contribution in [3.05, 3.63) is 11.5 Å². The molecule has 0 aromatic rings. The predicted molar refractivity (Wildman–Crippen MR) is 106 cm³/mol. The second-order valence-corrected chi connectivity index (χ2v) is 7.42. The van der Waals surface area contributed by atoms with Gasteiger partial charge in [0.05, 0.1) is 0 Å².